The summed E-state index contributed by atoms with van der Waals surface area (Å²) in [5.41, 5.74) is 0.892. The van der Waals surface area contributed by atoms with Crippen molar-refractivity contribution in [3.8, 4) is 0 Å². The molecule has 0 aliphatic carbocycles. The molecule has 1 amide bonds. The molecule has 1 aliphatic rings. The van der Waals surface area contributed by atoms with Crippen LogP contribution in [0.25, 0.3) is 0 Å². The van der Waals surface area contributed by atoms with Gasteiger partial charge in [0, 0.05) is 6.54 Å². The predicted octanol–water partition coefficient (Wildman–Crippen LogP) is 1.50. The Hall–Kier alpha value is -2.08. The zero-order valence-corrected chi connectivity index (χ0v) is 11.0. The number of carboxylic acid groups (broad SMARTS) is 1. The van der Waals surface area contributed by atoms with Crippen LogP contribution >= 0.6 is 0 Å². The first kappa shape index (κ1) is 14.3. The first-order valence-electron chi connectivity index (χ1n) is 6.43. The fraction of sp³-hybridized carbons (Fsp3) is 0.429. The summed E-state index contributed by atoms with van der Waals surface area (Å²) in [5, 5.41) is 8.84. The molecule has 0 saturated carbocycles. The largest absolute Gasteiger partial charge is 0.481 e. The first-order chi connectivity index (χ1) is 9.66. The van der Waals surface area contributed by atoms with Gasteiger partial charge in [0.05, 0.1) is 25.7 Å². The van der Waals surface area contributed by atoms with Crippen LogP contribution in [0.15, 0.2) is 30.3 Å². The summed E-state index contributed by atoms with van der Waals surface area (Å²) in [6.07, 6.45) is -0.635. The third-order valence-electron chi connectivity index (χ3n) is 3.08. The van der Waals surface area contributed by atoms with Gasteiger partial charge in [-0.05, 0) is 5.56 Å². The van der Waals surface area contributed by atoms with Crippen LogP contribution in [0.2, 0.25) is 0 Å². The summed E-state index contributed by atoms with van der Waals surface area (Å²) in [6.45, 7) is 1.16. The van der Waals surface area contributed by atoms with E-state index < -0.39 is 18.1 Å². The van der Waals surface area contributed by atoms with Gasteiger partial charge in [-0.3, -0.25) is 4.79 Å². The van der Waals surface area contributed by atoms with Crippen molar-refractivity contribution in [1.82, 2.24) is 4.90 Å². The van der Waals surface area contributed by atoms with Crippen molar-refractivity contribution in [2.45, 2.75) is 19.1 Å². The number of rotatable bonds is 4. The number of nitrogens with zero attached hydrogens (tertiary/aromatic N) is 1. The summed E-state index contributed by atoms with van der Waals surface area (Å²) in [6, 6.07) is 8.87. The third kappa shape index (κ3) is 3.96. The molecular formula is C14H17NO5. The molecule has 6 nitrogen and oxygen atoms in total. The van der Waals surface area contributed by atoms with E-state index in [0.717, 1.165) is 5.56 Å². The maximum absolute atomic E-state index is 12.0. The number of carbonyl (C=O) groups is 2. The summed E-state index contributed by atoms with van der Waals surface area (Å²) in [4.78, 5) is 24.2. The van der Waals surface area contributed by atoms with Crippen LogP contribution in [-0.2, 0) is 20.9 Å². The topological polar surface area (TPSA) is 76.1 Å². The minimum atomic E-state index is -0.957. The Morgan fingerprint density at radius 3 is 2.80 bits per heavy atom. The zero-order valence-electron chi connectivity index (χ0n) is 11.0. The maximum Gasteiger partial charge on any atom is 0.410 e. The van der Waals surface area contributed by atoms with Crippen LogP contribution in [0.5, 0.6) is 0 Å². The van der Waals surface area contributed by atoms with E-state index in [1.54, 1.807) is 0 Å². The van der Waals surface area contributed by atoms with E-state index in [0.29, 0.717) is 13.2 Å². The lowest BCUT2D eigenvalue weighted by atomic mass is 10.2. The molecule has 1 aromatic rings. The molecule has 1 fully saturated rings. The second kappa shape index (κ2) is 6.91. The van der Waals surface area contributed by atoms with Crippen molar-refractivity contribution in [3.05, 3.63) is 35.9 Å². The van der Waals surface area contributed by atoms with Gasteiger partial charge in [0.15, 0.2) is 0 Å². The Morgan fingerprint density at radius 1 is 1.35 bits per heavy atom. The van der Waals surface area contributed by atoms with E-state index in [-0.39, 0.29) is 19.6 Å². The highest BCUT2D eigenvalue weighted by Gasteiger charge is 2.30. The molecule has 20 heavy (non-hydrogen) atoms. The molecule has 1 aliphatic heterocycles. The van der Waals surface area contributed by atoms with Gasteiger partial charge in [0.2, 0.25) is 0 Å². The number of amides is 1. The quantitative estimate of drug-likeness (QED) is 0.903. The number of ether oxygens (including phenoxy) is 2. The van der Waals surface area contributed by atoms with Crippen LogP contribution in [0.3, 0.4) is 0 Å². The van der Waals surface area contributed by atoms with E-state index in [1.165, 1.54) is 4.90 Å². The van der Waals surface area contributed by atoms with Gasteiger partial charge >= 0.3 is 12.1 Å². The van der Waals surface area contributed by atoms with Crippen molar-refractivity contribution >= 4 is 12.1 Å². The average Bonchev–Trinajstić information content (AvgIpc) is 2.46. The van der Waals surface area contributed by atoms with Crippen molar-refractivity contribution < 1.29 is 24.2 Å². The van der Waals surface area contributed by atoms with Crippen molar-refractivity contribution in [2.24, 2.45) is 0 Å². The molecule has 0 radical (unpaired) electrons. The molecule has 0 bridgehead atoms. The minimum Gasteiger partial charge on any atom is -0.481 e. The highest BCUT2D eigenvalue weighted by atomic mass is 16.6. The second-order valence-electron chi connectivity index (χ2n) is 4.56. The summed E-state index contributed by atoms with van der Waals surface area (Å²) < 4.78 is 10.4. The van der Waals surface area contributed by atoms with E-state index in [9.17, 15) is 9.59 Å². The highest BCUT2D eigenvalue weighted by Crippen LogP contribution is 2.13. The van der Waals surface area contributed by atoms with Gasteiger partial charge in [0.1, 0.15) is 6.61 Å². The number of hydrogen-bond donors (Lipinski definition) is 1. The maximum atomic E-state index is 12.0. The molecule has 1 aromatic carbocycles. The summed E-state index contributed by atoms with van der Waals surface area (Å²) in [5.74, 6) is -0.957. The van der Waals surface area contributed by atoms with Gasteiger partial charge in [0.25, 0.3) is 0 Å². The van der Waals surface area contributed by atoms with Gasteiger partial charge in [-0.15, -0.1) is 0 Å². The molecule has 0 unspecified atom stereocenters. The van der Waals surface area contributed by atoms with Crippen LogP contribution in [-0.4, -0.2) is 47.9 Å². The van der Waals surface area contributed by atoms with E-state index in [2.05, 4.69) is 0 Å². The Balaban J connectivity index is 1.90. The number of hydrogen-bond acceptors (Lipinski definition) is 4. The molecule has 2 rings (SSSR count). The normalized spacial score (nSPS) is 18.6. The Morgan fingerprint density at radius 2 is 2.10 bits per heavy atom. The molecule has 0 spiro atoms. The Bertz CT molecular complexity index is 462. The molecule has 1 atom stereocenters. The lowest BCUT2D eigenvalue weighted by molar-refractivity contribution is -0.139. The molecule has 108 valence electrons. The fourth-order valence-electron chi connectivity index (χ4n) is 2.07. The van der Waals surface area contributed by atoms with Crippen molar-refractivity contribution in [1.29, 1.82) is 0 Å². The number of benzene rings is 1. The minimum absolute atomic E-state index is 0.138. The summed E-state index contributed by atoms with van der Waals surface area (Å²) >= 11 is 0. The monoisotopic (exact) mass is 279 g/mol. The van der Waals surface area contributed by atoms with E-state index in [4.69, 9.17) is 14.6 Å². The first-order valence-corrected chi connectivity index (χ1v) is 6.43. The molecule has 0 aromatic heterocycles. The van der Waals surface area contributed by atoms with E-state index >= 15 is 0 Å². The number of morpholine rings is 1. The second-order valence-corrected chi connectivity index (χ2v) is 4.56. The van der Waals surface area contributed by atoms with Crippen LogP contribution in [0.4, 0.5) is 4.79 Å². The SMILES string of the molecule is O=C(O)C[C@@H]1COCCN1C(=O)OCc1ccccc1. The van der Waals surface area contributed by atoms with Crippen LogP contribution in [0.1, 0.15) is 12.0 Å². The highest BCUT2D eigenvalue weighted by molar-refractivity contribution is 5.71. The average molecular weight is 279 g/mol. The van der Waals surface area contributed by atoms with E-state index in [1.807, 2.05) is 30.3 Å². The standard InChI is InChI=1S/C14H17NO5/c16-13(17)8-12-10-19-7-6-15(12)14(18)20-9-11-4-2-1-3-5-11/h1-5,12H,6-10H2,(H,16,17)/t12-/m1/s1. The summed E-state index contributed by atoms with van der Waals surface area (Å²) in [7, 11) is 0. The smallest absolute Gasteiger partial charge is 0.410 e. The third-order valence-corrected chi connectivity index (χ3v) is 3.08. The van der Waals surface area contributed by atoms with Gasteiger partial charge < -0.3 is 19.5 Å². The van der Waals surface area contributed by atoms with Crippen LogP contribution in [0, 0.1) is 0 Å². The predicted molar refractivity (Wildman–Crippen MR) is 70.2 cm³/mol. The molecule has 6 heteroatoms. The zero-order chi connectivity index (χ0) is 14.4. The lowest BCUT2D eigenvalue weighted by Gasteiger charge is -2.33. The molecule has 1 saturated heterocycles. The van der Waals surface area contributed by atoms with Gasteiger partial charge in [-0.25, -0.2) is 4.79 Å². The number of aliphatic carboxylic acids is 1. The molecular weight excluding hydrogens is 262 g/mol. The van der Waals surface area contributed by atoms with Crippen LogP contribution < -0.4 is 0 Å². The Labute approximate surface area is 116 Å². The number of carbonyl (C=O) groups excluding carboxylic acids is 1. The molecule has 1 N–H and O–H groups in total. The van der Waals surface area contributed by atoms with Gasteiger partial charge in [-0.1, -0.05) is 30.3 Å². The lowest BCUT2D eigenvalue weighted by Crippen LogP contribution is -2.49. The fourth-order valence-corrected chi connectivity index (χ4v) is 2.07. The molecule has 1 heterocycles. The number of carboxylic acids is 1. The van der Waals surface area contributed by atoms with Crippen molar-refractivity contribution in [3.63, 3.8) is 0 Å². The van der Waals surface area contributed by atoms with Gasteiger partial charge in [-0.2, -0.15) is 0 Å². The Kier molecular flexibility index (Phi) is 4.95. The van der Waals surface area contributed by atoms with Crippen molar-refractivity contribution in [2.75, 3.05) is 19.8 Å².